The molecule has 1 amide bonds. The lowest BCUT2D eigenvalue weighted by molar-refractivity contribution is -0.123. The highest BCUT2D eigenvalue weighted by molar-refractivity contribution is 6.44. The van der Waals surface area contributed by atoms with Gasteiger partial charge in [0.15, 0.2) is 11.9 Å². The van der Waals surface area contributed by atoms with Crippen LogP contribution in [0.2, 0.25) is 15.1 Å². The van der Waals surface area contributed by atoms with Crippen LogP contribution >= 0.6 is 34.8 Å². The van der Waals surface area contributed by atoms with Crippen LogP contribution in [0.15, 0.2) is 66.7 Å². The number of rotatable bonds is 6. The molecular weight excluding hydrogens is 461 g/mol. The number of halogens is 3. The van der Waals surface area contributed by atoms with E-state index in [1.807, 2.05) is 0 Å². The van der Waals surface area contributed by atoms with Gasteiger partial charge in [-0.1, -0.05) is 83.3 Å². The van der Waals surface area contributed by atoms with Crippen molar-refractivity contribution in [3.8, 4) is 0 Å². The molecule has 5 nitrogen and oxygen atoms in total. The fraction of sp³-hybridized carbons (Fsp3) is 0.0870. The number of hydrogen-bond acceptors (Lipinski definition) is 4. The first-order valence-corrected chi connectivity index (χ1v) is 10.3. The van der Waals surface area contributed by atoms with Gasteiger partial charge in [0.25, 0.3) is 5.91 Å². The molecule has 0 radical (unpaired) electrons. The van der Waals surface area contributed by atoms with E-state index in [1.165, 1.54) is 31.2 Å². The van der Waals surface area contributed by atoms with Gasteiger partial charge in [0.2, 0.25) is 0 Å². The number of carbonyl (C=O) groups excluding carboxylic acids is 3. The van der Waals surface area contributed by atoms with Gasteiger partial charge in [-0.2, -0.15) is 0 Å². The van der Waals surface area contributed by atoms with Gasteiger partial charge in [0.1, 0.15) is 0 Å². The van der Waals surface area contributed by atoms with Gasteiger partial charge in [-0.05, 0) is 25.1 Å². The molecule has 0 aromatic heterocycles. The first-order valence-electron chi connectivity index (χ1n) is 9.13. The highest BCUT2D eigenvalue weighted by Crippen LogP contribution is 2.32. The number of amides is 1. The lowest BCUT2D eigenvalue weighted by Gasteiger charge is -2.16. The van der Waals surface area contributed by atoms with Crippen molar-refractivity contribution in [1.29, 1.82) is 0 Å². The topological polar surface area (TPSA) is 72.5 Å². The summed E-state index contributed by atoms with van der Waals surface area (Å²) in [5.74, 6) is -1.75. The molecule has 8 heteroatoms. The molecule has 31 heavy (non-hydrogen) atoms. The molecule has 0 aliphatic carbocycles. The maximum Gasteiger partial charge on any atom is 0.339 e. The monoisotopic (exact) mass is 475 g/mol. The summed E-state index contributed by atoms with van der Waals surface area (Å²) in [6.07, 6.45) is -1.17. The molecule has 0 fully saturated rings. The summed E-state index contributed by atoms with van der Waals surface area (Å²) in [7, 11) is 0. The molecule has 3 rings (SSSR count). The highest BCUT2D eigenvalue weighted by Gasteiger charge is 2.24. The van der Waals surface area contributed by atoms with Gasteiger partial charge in [-0.25, -0.2) is 4.79 Å². The Morgan fingerprint density at radius 1 is 0.806 bits per heavy atom. The van der Waals surface area contributed by atoms with Crippen molar-refractivity contribution in [3.05, 3.63) is 98.5 Å². The summed E-state index contributed by atoms with van der Waals surface area (Å²) >= 11 is 17.9. The molecule has 0 aliphatic heterocycles. The Labute approximate surface area is 193 Å². The number of ether oxygens (including phenoxy) is 1. The zero-order valence-electron chi connectivity index (χ0n) is 16.2. The predicted molar refractivity (Wildman–Crippen MR) is 121 cm³/mol. The third-order valence-electron chi connectivity index (χ3n) is 4.35. The van der Waals surface area contributed by atoms with E-state index in [2.05, 4.69) is 5.32 Å². The molecule has 0 aliphatic rings. The van der Waals surface area contributed by atoms with Crippen molar-refractivity contribution in [2.75, 3.05) is 5.32 Å². The van der Waals surface area contributed by atoms with Gasteiger partial charge in [0, 0.05) is 11.1 Å². The number of benzene rings is 3. The van der Waals surface area contributed by atoms with Crippen molar-refractivity contribution in [2.24, 2.45) is 0 Å². The molecule has 0 saturated carbocycles. The molecular formula is C23H16Cl3NO4. The predicted octanol–water partition coefficient (Wildman–Crippen LogP) is 6.06. The van der Waals surface area contributed by atoms with E-state index < -0.39 is 18.0 Å². The lowest BCUT2D eigenvalue weighted by Crippen LogP contribution is -2.30. The van der Waals surface area contributed by atoms with E-state index in [0.29, 0.717) is 5.56 Å². The van der Waals surface area contributed by atoms with Gasteiger partial charge < -0.3 is 10.1 Å². The van der Waals surface area contributed by atoms with Crippen LogP contribution in [0.3, 0.4) is 0 Å². The van der Waals surface area contributed by atoms with E-state index in [-0.39, 0.29) is 37.7 Å². The SMILES string of the molecule is C[C@H](OC(=O)c1ccccc1C(=O)c1ccccc1)C(=O)Nc1cc(Cl)c(Cl)cc1Cl. The van der Waals surface area contributed by atoms with Crippen molar-refractivity contribution in [3.63, 3.8) is 0 Å². The van der Waals surface area contributed by atoms with Crippen LogP contribution in [0.25, 0.3) is 0 Å². The Bertz CT molecular complexity index is 1150. The molecule has 1 N–H and O–H groups in total. The Morgan fingerprint density at radius 3 is 2.06 bits per heavy atom. The number of esters is 1. The Balaban J connectivity index is 1.75. The van der Waals surface area contributed by atoms with Crippen molar-refractivity contribution in [1.82, 2.24) is 0 Å². The second kappa shape index (κ2) is 9.96. The Morgan fingerprint density at radius 2 is 1.39 bits per heavy atom. The first-order chi connectivity index (χ1) is 14.8. The summed E-state index contributed by atoms with van der Waals surface area (Å²) in [5, 5.41) is 3.17. The van der Waals surface area contributed by atoms with Crippen LogP contribution in [0, 0.1) is 0 Å². The van der Waals surface area contributed by atoms with Gasteiger partial charge in [-0.15, -0.1) is 0 Å². The largest absolute Gasteiger partial charge is 0.449 e. The average molecular weight is 477 g/mol. The number of ketones is 1. The van der Waals surface area contributed by atoms with Gasteiger partial charge in [-0.3, -0.25) is 9.59 Å². The third kappa shape index (κ3) is 5.44. The minimum Gasteiger partial charge on any atom is -0.449 e. The number of nitrogens with one attached hydrogen (secondary N) is 1. The van der Waals surface area contributed by atoms with Gasteiger partial charge >= 0.3 is 5.97 Å². The molecule has 3 aromatic rings. The minimum absolute atomic E-state index is 0.0589. The molecule has 0 bridgehead atoms. The van der Waals surface area contributed by atoms with E-state index in [4.69, 9.17) is 39.5 Å². The van der Waals surface area contributed by atoms with E-state index >= 15 is 0 Å². The standard InChI is InChI=1S/C23H16Cl3NO4/c1-13(22(29)27-20-12-18(25)17(24)11-19(20)26)31-23(30)16-10-6-5-9-15(16)21(28)14-7-3-2-4-8-14/h2-13H,1H3,(H,27,29)/t13-/m0/s1. The summed E-state index contributed by atoms with van der Waals surface area (Å²) in [6, 6.07) is 17.6. The zero-order valence-corrected chi connectivity index (χ0v) is 18.5. The normalized spacial score (nSPS) is 11.5. The molecule has 3 aromatic carbocycles. The summed E-state index contributed by atoms with van der Waals surface area (Å²) < 4.78 is 5.29. The summed E-state index contributed by atoms with van der Waals surface area (Å²) in [4.78, 5) is 38.0. The van der Waals surface area contributed by atoms with Crippen LogP contribution in [0.1, 0.15) is 33.2 Å². The maximum absolute atomic E-state index is 12.8. The molecule has 1 atom stereocenters. The fourth-order valence-electron chi connectivity index (χ4n) is 2.73. The molecule has 0 spiro atoms. The number of anilines is 1. The Hall–Kier alpha value is -2.86. The quantitative estimate of drug-likeness (QED) is 0.266. The fourth-order valence-corrected chi connectivity index (χ4v) is 3.33. The summed E-state index contributed by atoms with van der Waals surface area (Å²) in [6.45, 7) is 1.40. The van der Waals surface area contributed by atoms with Crippen molar-refractivity contribution >= 4 is 58.1 Å². The van der Waals surface area contributed by atoms with Crippen molar-refractivity contribution < 1.29 is 19.1 Å². The van der Waals surface area contributed by atoms with Gasteiger partial charge in [0.05, 0.1) is 26.3 Å². The third-order valence-corrected chi connectivity index (χ3v) is 5.38. The smallest absolute Gasteiger partial charge is 0.339 e. The molecule has 0 heterocycles. The van der Waals surface area contributed by atoms with E-state index in [0.717, 1.165) is 0 Å². The van der Waals surface area contributed by atoms with Crippen LogP contribution in [0.5, 0.6) is 0 Å². The van der Waals surface area contributed by atoms with E-state index in [1.54, 1.807) is 42.5 Å². The van der Waals surface area contributed by atoms with Crippen LogP contribution in [-0.2, 0) is 9.53 Å². The molecule has 0 unspecified atom stereocenters. The highest BCUT2D eigenvalue weighted by atomic mass is 35.5. The molecule has 0 saturated heterocycles. The first kappa shape index (κ1) is 22.8. The summed E-state index contributed by atoms with van der Waals surface area (Å²) in [5.41, 5.74) is 0.897. The van der Waals surface area contributed by atoms with Crippen LogP contribution < -0.4 is 5.32 Å². The number of hydrogen-bond donors (Lipinski definition) is 1. The minimum atomic E-state index is -1.17. The second-order valence-electron chi connectivity index (χ2n) is 6.52. The zero-order chi connectivity index (χ0) is 22.5. The second-order valence-corrected chi connectivity index (χ2v) is 7.75. The maximum atomic E-state index is 12.8. The van der Waals surface area contributed by atoms with E-state index in [9.17, 15) is 14.4 Å². The molecule has 158 valence electrons. The van der Waals surface area contributed by atoms with Crippen LogP contribution in [-0.4, -0.2) is 23.8 Å². The Kier molecular flexibility index (Phi) is 7.33. The number of carbonyl (C=O) groups is 3. The van der Waals surface area contributed by atoms with Crippen LogP contribution in [0.4, 0.5) is 5.69 Å². The average Bonchev–Trinajstić information content (AvgIpc) is 2.77. The van der Waals surface area contributed by atoms with Crippen molar-refractivity contribution in [2.45, 2.75) is 13.0 Å². The lowest BCUT2D eigenvalue weighted by atomic mass is 9.98.